The second-order valence-corrected chi connectivity index (χ2v) is 8.58. The highest BCUT2D eigenvalue weighted by atomic mass is 16.3. The van der Waals surface area contributed by atoms with Crippen LogP contribution >= 0.6 is 0 Å². The lowest BCUT2D eigenvalue weighted by Crippen LogP contribution is -2.36. The molecule has 1 amide bonds. The lowest BCUT2D eigenvalue weighted by molar-refractivity contribution is 0.0903. The number of carbonyl (C=O) groups is 1. The third-order valence-electron chi connectivity index (χ3n) is 5.37. The fraction of sp³-hybridized carbons (Fsp3) is 0.250. The number of rotatable bonds is 7. The first kappa shape index (κ1) is 20.7. The maximum absolute atomic E-state index is 13.1. The maximum Gasteiger partial charge on any atom is 0.267 e. The third-order valence-corrected chi connectivity index (χ3v) is 5.37. The summed E-state index contributed by atoms with van der Waals surface area (Å²) in [4.78, 5) is 17.2. The molecule has 2 heterocycles. The summed E-state index contributed by atoms with van der Waals surface area (Å²) in [5.41, 5.74) is 9.80. The van der Waals surface area contributed by atoms with Crippen LogP contribution < -0.4 is 11.1 Å². The summed E-state index contributed by atoms with van der Waals surface area (Å²) in [6.45, 7) is 4.72. The van der Waals surface area contributed by atoms with Crippen LogP contribution in [-0.4, -0.2) is 38.3 Å². The minimum atomic E-state index is -0.393. The van der Waals surface area contributed by atoms with Gasteiger partial charge in [-0.1, -0.05) is 26.0 Å². The molecule has 4 aromatic rings. The molecular weight excluding hydrogens is 390 g/mol. The van der Waals surface area contributed by atoms with Crippen LogP contribution in [0.25, 0.3) is 16.6 Å². The fourth-order valence-electron chi connectivity index (χ4n) is 3.52. The van der Waals surface area contributed by atoms with E-state index in [1.54, 1.807) is 12.5 Å². The molecule has 31 heavy (non-hydrogen) atoms. The molecule has 0 fully saturated rings. The van der Waals surface area contributed by atoms with E-state index in [1.165, 1.54) is 0 Å². The number of nitrogens with zero attached hydrogens (tertiary/aromatic N) is 3. The number of hydrogen-bond donors (Lipinski definition) is 3. The van der Waals surface area contributed by atoms with E-state index in [9.17, 15) is 9.90 Å². The quantitative estimate of drug-likeness (QED) is 0.402. The first-order chi connectivity index (χ1) is 14.9. The van der Waals surface area contributed by atoms with Gasteiger partial charge in [0.15, 0.2) is 0 Å². The smallest absolute Gasteiger partial charge is 0.267 e. The number of imidazole rings is 1. The van der Waals surface area contributed by atoms with Gasteiger partial charge in [0.25, 0.3) is 5.91 Å². The number of benzene rings is 2. The summed E-state index contributed by atoms with van der Waals surface area (Å²) in [6, 6.07) is 15.7. The average molecular weight is 418 g/mol. The first-order valence-electron chi connectivity index (χ1n) is 10.2. The zero-order chi connectivity index (χ0) is 22.0. The Hall–Kier alpha value is -3.58. The molecule has 2 aromatic heterocycles. The van der Waals surface area contributed by atoms with Crippen LogP contribution in [0.3, 0.4) is 0 Å². The Morgan fingerprint density at radius 2 is 2.03 bits per heavy atom. The van der Waals surface area contributed by atoms with Gasteiger partial charge in [0.1, 0.15) is 5.69 Å². The van der Waals surface area contributed by atoms with Gasteiger partial charge in [0.2, 0.25) is 0 Å². The van der Waals surface area contributed by atoms with E-state index in [0.29, 0.717) is 24.5 Å². The van der Waals surface area contributed by atoms with Crippen LogP contribution in [0.4, 0.5) is 5.69 Å². The first-order valence-corrected chi connectivity index (χ1v) is 10.2. The van der Waals surface area contributed by atoms with E-state index >= 15 is 0 Å². The van der Waals surface area contributed by atoms with Crippen molar-refractivity contribution >= 4 is 22.5 Å². The van der Waals surface area contributed by atoms with Gasteiger partial charge < -0.3 is 25.3 Å². The molecule has 0 saturated carbocycles. The van der Waals surface area contributed by atoms with Crippen molar-refractivity contribution in [3.8, 4) is 5.69 Å². The zero-order valence-electron chi connectivity index (χ0n) is 17.7. The number of nitrogens with one attached hydrogen (secondary N) is 1. The fourth-order valence-corrected chi connectivity index (χ4v) is 3.52. The molecule has 7 nitrogen and oxygen atoms in total. The van der Waals surface area contributed by atoms with Gasteiger partial charge in [0, 0.05) is 59.8 Å². The molecule has 4 rings (SSSR count). The van der Waals surface area contributed by atoms with Gasteiger partial charge in [-0.25, -0.2) is 4.98 Å². The van der Waals surface area contributed by atoms with Crippen molar-refractivity contribution in [2.75, 3.05) is 18.9 Å². The Morgan fingerprint density at radius 1 is 1.19 bits per heavy atom. The van der Waals surface area contributed by atoms with Gasteiger partial charge >= 0.3 is 0 Å². The van der Waals surface area contributed by atoms with Crippen molar-refractivity contribution in [1.29, 1.82) is 0 Å². The number of carbonyl (C=O) groups excluding carboxylic acids is 1. The Kier molecular flexibility index (Phi) is 5.52. The number of nitrogen functional groups attached to an aromatic ring is 1. The Morgan fingerprint density at radius 3 is 2.77 bits per heavy atom. The van der Waals surface area contributed by atoms with Gasteiger partial charge in [-0.2, -0.15) is 0 Å². The summed E-state index contributed by atoms with van der Waals surface area (Å²) in [7, 11) is 0. The van der Waals surface area contributed by atoms with E-state index in [-0.39, 0.29) is 12.5 Å². The molecule has 0 atom stereocenters. The summed E-state index contributed by atoms with van der Waals surface area (Å²) in [5.74, 6) is -0.179. The molecule has 0 aliphatic carbocycles. The van der Waals surface area contributed by atoms with Crippen molar-refractivity contribution in [3.05, 3.63) is 78.5 Å². The number of aromatic nitrogens is 3. The minimum absolute atomic E-state index is 0.00611. The molecule has 0 radical (unpaired) electrons. The van der Waals surface area contributed by atoms with Crippen molar-refractivity contribution in [3.63, 3.8) is 0 Å². The maximum atomic E-state index is 13.1. The standard InChI is InChI=1S/C24H27N5O2/c1-24(2,15-30)14-27-23(31)22-12-18-11-19(25)6-7-21(18)29(22)13-17-4-3-5-20(10-17)28-9-8-26-16-28/h3-12,16,30H,13-15,25H2,1-2H3,(H,27,31). The molecule has 0 bridgehead atoms. The zero-order valence-corrected chi connectivity index (χ0v) is 17.7. The number of aliphatic hydroxyl groups is 1. The molecule has 2 aromatic carbocycles. The van der Waals surface area contributed by atoms with Crippen molar-refractivity contribution in [2.45, 2.75) is 20.4 Å². The lowest BCUT2D eigenvalue weighted by atomic mass is 9.95. The van der Waals surface area contributed by atoms with Crippen LogP contribution in [-0.2, 0) is 6.54 Å². The summed E-state index contributed by atoms with van der Waals surface area (Å²) in [5, 5.41) is 13.4. The highest BCUT2D eigenvalue weighted by Gasteiger charge is 2.21. The predicted molar refractivity (Wildman–Crippen MR) is 122 cm³/mol. The Balaban J connectivity index is 1.70. The SMILES string of the molecule is CC(C)(CO)CNC(=O)c1cc2cc(N)ccc2n1Cc1cccc(-n2ccnc2)c1. The molecule has 0 aliphatic rings. The molecule has 0 saturated heterocycles. The third kappa shape index (κ3) is 4.46. The van der Waals surface area contributed by atoms with E-state index < -0.39 is 5.41 Å². The summed E-state index contributed by atoms with van der Waals surface area (Å²) >= 11 is 0. The van der Waals surface area contributed by atoms with E-state index in [4.69, 9.17) is 5.73 Å². The van der Waals surface area contributed by atoms with Crippen LogP contribution in [0.1, 0.15) is 29.9 Å². The van der Waals surface area contributed by atoms with Crippen LogP contribution in [0, 0.1) is 5.41 Å². The van der Waals surface area contributed by atoms with E-state index in [0.717, 1.165) is 22.2 Å². The molecule has 4 N–H and O–H groups in total. The van der Waals surface area contributed by atoms with E-state index in [1.807, 2.05) is 71.6 Å². The molecule has 7 heteroatoms. The number of aliphatic hydroxyl groups excluding tert-OH is 1. The van der Waals surface area contributed by atoms with Gasteiger partial charge in [0.05, 0.1) is 6.33 Å². The molecule has 160 valence electrons. The molecule has 0 unspecified atom stereocenters. The van der Waals surface area contributed by atoms with Gasteiger partial charge in [-0.3, -0.25) is 4.79 Å². The number of amides is 1. The van der Waals surface area contributed by atoms with Crippen molar-refractivity contribution in [2.24, 2.45) is 5.41 Å². The van der Waals surface area contributed by atoms with Gasteiger partial charge in [-0.15, -0.1) is 0 Å². The molecule has 0 spiro atoms. The van der Waals surface area contributed by atoms with Gasteiger partial charge in [-0.05, 0) is 42.0 Å². The summed E-state index contributed by atoms with van der Waals surface area (Å²) < 4.78 is 3.95. The predicted octanol–water partition coefficient (Wildman–Crippen LogP) is 3.21. The van der Waals surface area contributed by atoms with Crippen LogP contribution in [0.5, 0.6) is 0 Å². The monoisotopic (exact) mass is 417 g/mol. The number of hydrogen-bond acceptors (Lipinski definition) is 4. The Bertz CT molecular complexity index is 1210. The van der Waals surface area contributed by atoms with Crippen molar-refractivity contribution in [1.82, 2.24) is 19.4 Å². The Labute approximate surface area is 181 Å². The normalized spacial score (nSPS) is 11.7. The largest absolute Gasteiger partial charge is 0.399 e. The number of anilines is 1. The lowest BCUT2D eigenvalue weighted by Gasteiger charge is -2.22. The number of nitrogens with two attached hydrogens (primary N) is 1. The molecule has 0 aliphatic heterocycles. The second kappa shape index (κ2) is 8.28. The topological polar surface area (TPSA) is 98.1 Å². The minimum Gasteiger partial charge on any atom is -0.399 e. The second-order valence-electron chi connectivity index (χ2n) is 8.58. The highest BCUT2D eigenvalue weighted by Crippen LogP contribution is 2.25. The highest BCUT2D eigenvalue weighted by molar-refractivity contribution is 5.99. The van der Waals surface area contributed by atoms with E-state index in [2.05, 4.69) is 16.4 Å². The van der Waals surface area contributed by atoms with Crippen molar-refractivity contribution < 1.29 is 9.90 Å². The number of fused-ring (bicyclic) bond motifs is 1. The van der Waals surface area contributed by atoms with Crippen LogP contribution in [0.2, 0.25) is 0 Å². The van der Waals surface area contributed by atoms with Crippen LogP contribution in [0.15, 0.2) is 67.3 Å². The average Bonchev–Trinajstić information content (AvgIpc) is 3.41. The molecular formula is C24H27N5O2. The summed E-state index contributed by atoms with van der Waals surface area (Å²) in [6.07, 6.45) is 5.40.